The third kappa shape index (κ3) is 0.616. The van der Waals surface area contributed by atoms with Gasteiger partial charge in [0, 0.05) is 11.8 Å². The molecule has 2 unspecified atom stereocenters. The van der Waals surface area contributed by atoms with Crippen molar-refractivity contribution >= 4 is 16.0 Å². The molecule has 0 saturated carbocycles. The fraction of sp³-hybridized carbons (Fsp3) is 0.667. The second kappa shape index (κ2) is 1.33. The Hall–Kier alpha value is 0.140. The van der Waals surface area contributed by atoms with Gasteiger partial charge in [-0.25, -0.2) is 0 Å². The Kier molecular flexibility index (Phi) is 0.954. The highest BCUT2D eigenvalue weighted by Gasteiger charge is 2.07. The maximum atomic E-state index is 5.36. The quantitative estimate of drug-likeness (QED) is 0.398. The lowest BCUT2D eigenvalue weighted by Gasteiger charge is -2.17. The van der Waals surface area contributed by atoms with Gasteiger partial charge in [0.2, 0.25) is 0 Å². The minimum atomic E-state index is 0.0779. The lowest BCUT2D eigenvalue weighted by molar-refractivity contribution is 1.01. The van der Waals surface area contributed by atoms with Crippen LogP contribution in [0.4, 0.5) is 0 Å². The zero-order valence-corrected chi connectivity index (χ0v) is 4.24. The standard InChI is InChI=1S/C3H8N2S/c4-3-1-6(5)2-3/h1,3H,2,4-5H2. The molecule has 6 heavy (non-hydrogen) atoms. The molecule has 0 spiro atoms. The molecule has 36 valence electrons. The van der Waals surface area contributed by atoms with Crippen molar-refractivity contribution in [3.8, 4) is 0 Å². The van der Waals surface area contributed by atoms with Crippen LogP contribution < -0.4 is 10.9 Å². The lowest BCUT2D eigenvalue weighted by atomic mass is 10.4. The largest absolute Gasteiger partial charge is 0.323 e. The summed E-state index contributed by atoms with van der Waals surface area (Å²) in [6.07, 6.45) is 0. The summed E-state index contributed by atoms with van der Waals surface area (Å²) in [6.45, 7) is 0. The minimum absolute atomic E-state index is 0.0779. The lowest BCUT2D eigenvalue weighted by Crippen LogP contribution is -2.34. The second-order valence-corrected chi connectivity index (χ2v) is 2.98. The Labute approximate surface area is 39.6 Å². The van der Waals surface area contributed by atoms with E-state index in [4.69, 9.17) is 10.9 Å². The predicted molar refractivity (Wildman–Crippen MR) is 30.7 cm³/mol. The van der Waals surface area contributed by atoms with Crippen molar-refractivity contribution in [2.24, 2.45) is 10.9 Å². The molecule has 1 aliphatic heterocycles. The van der Waals surface area contributed by atoms with E-state index in [1.54, 1.807) is 0 Å². The molecule has 0 aromatic rings. The normalized spacial score (nSPS) is 43.7. The smallest absolute Gasteiger partial charge is 0.0389 e. The zero-order valence-electron chi connectivity index (χ0n) is 3.42. The Morgan fingerprint density at radius 2 is 2.33 bits per heavy atom. The van der Waals surface area contributed by atoms with E-state index in [0.717, 1.165) is 5.75 Å². The van der Waals surface area contributed by atoms with Gasteiger partial charge in [0.1, 0.15) is 0 Å². The van der Waals surface area contributed by atoms with Gasteiger partial charge in [-0.15, -0.1) is 10.7 Å². The first-order chi connectivity index (χ1) is 2.79. The van der Waals surface area contributed by atoms with Crippen LogP contribution in [0, 0.1) is 0 Å². The molecule has 0 amide bonds. The van der Waals surface area contributed by atoms with Gasteiger partial charge in [0.25, 0.3) is 0 Å². The molecular formula is C3H8N2S. The summed E-state index contributed by atoms with van der Waals surface area (Å²) in [7, 11) is 0.0779. The van der Waals surface area contributed by atoms with Crippen LogP contribution in [0.15, 0.2) is 0 Å². The first kappa shape index (κ1) is 4.30. The molecule has 4 N–H and O–H groups in total. The van der Waals surface area contributed by atoms with E-state index >= 15 is 0 Å². The van der Waals surface area contributed by atoms with Crippen LogP contribution in [0.3, 0.4) is 0 Å². The van der Waals surface area contributed by atoms with E-state index in [1.165, 1.54) is 0 Å². The van der Waals surface area contributed by atoms with Gasteiger partial charge in [-0.05, 0) is 5.37 Å². The number of hydrogen-bond donors (Lipinski definition) is 2. The summed E-state index contributed by atoms with van der Waals surface area (Å²) < 4.78 is 0. The van der Waals surface area contributed by atoms with Crippen molar-refractivity contribution in [1.82, 2.24) is 0 Å². The molecule has 0 aromatic carbocycles. The van der Waals surface area contributed by atoms with Crippen molar-refractivity contribution in [2.75, 3.05) is 5.75 Å². The topological polar surface area (TPSA) is 52.0 Å². The summed E-state index contributed by atoms with van der Waals surface area (Å²) in [5, 5.41) is 7.33. The molecule has 0 aromatic heterocycles. The Bertz CT molecular complexity index is 88.8. The highest BCUT2D eigenvalue weighted by Crippen LogP contribution is 2.10. The summed E-state index contributed by atoms with van der Waals surface area (Å²) >= 11 is 0. The first-order valence-corrected chi connectivity index (χ1v) is 3.36. The van der Waals surface area contributed by atoms with Crippen LogP contribution in [-0.2, 0) is 0 Å². The number of rotatable bonds is 0. The summed E-state index contributed by atoms with van der Waals surface area (Å²) in [6, 6.07) is 0.304. The van der Waals surface area contributed by atoms with Crippen molar-refractivity contribution in [3.63, 3.8) is 0 Å². The molecule has 0 saturated heterocycles. The van der Waals surface area contributed by atoms with E-state index in [9.17, 15) is 0 Å². The molecule has 2 nitrogen and oxygen atoms in total. The van der Waals surface area contributed by atoms with Gasteiger partial charge >= 0.3 is 0 Å². The predicted octanol–water partition coefficient (Wildman–Crippen LogP) is -0.728. The van der Waals surface area contributed by atoms with E-state index in [-0.39, 0.29) is 10.7 Å². The monoisotopic (exact) mass is 104 g/mol. The van der Waals surface area contributed by atoms with E-state index < -0.39 is 0 Å². The van der Waals surface area contributed by atoms with Crippen LogP contribution in [0.1, 0.15) is 0 Å². The number of nitrogens with two attached hydrogens (primary N) is 2. The highest BCUT2D eigenvalue weighted by molar-refractivity contribution is 8.14. The average molecular weight is 104 g/mol. The molecule has 0 fully saturated rings. The van der Waals surface area contributed by atoms with Crippen LogP contribution in [0.2, 0.25) is 0 Å². The van der Waals surface area contributed by atoms with Gasteiger partial charge in [-0.2, -0.15) is 0 Å². The molecule has 0 aliphatic carbocycles. The van der Waals surface area contributed by atoms with Gasteiger partial charge in [0.15, 0.2) is 0 Å². The number of hydrogen-bond acceptors (Lipinski definition) is 2. The van der Waals surface area contributed by atoms with Gasteiger partial charge in [-0.3, -0.25) is 5.14 Å². The van der Waals surface area contributed by atoms with Crippen LogP contribution in [0.5, 0.6) is 0 Å². The zero-order chi connectivity index (χ0) is 4.57. The minimum Gasteiger partial charge on any atom is -0.323 e. The van der Waals surface area contributed by atoms with Crippen LogP contribution in [0.25, 0.3) is 0 Å². The molecule has 0 radical (unpaired) electrons. The molecule has 0 bridgehead atoms. The average Bonchev–Trinajstić information content (AvgIpc) is 1.33. The van der Waals surface area contributed by atoms with E-state index in [2.05, 4.69) is 0 Å². The summed E-state index contributed by atoms with van der Waals surface area (Å²) in [5.41, 5.74) is 5.34. The van der Waals surface area contributed by atoms with E-state index in [0.29, 0.717) is 6.04 Å². The third-order valence-corrected chi connectivity index (χ3v) is 2.20. The summed E-state index contributed by atoms with van der Waals surface area (Å²) in [5.74, 6) is 1.00. The van der Waals surface area contributed by atoms with Crippen molar-refractivity contribution in [3.05, 3.63) is 0 Å². The molecule has 2 atom stereocenters. The Balaban J connectivity index is 2.46. The Morgan fingerprint density at radius 1 is 1.83 bits per heavy atom. The van der Waals surface area contributed by atoms with Crippen molar-refractivity contribution < 1.29 is 0 Å². The van der Waals surface area contributed by atoms with Crippen molar-refractivity contribution in [1.29, 1.82) is 0 Å². The van der Waals surface area contributed by atoms with Gasteiger partial charge in [0.05, 0.1) is 0 Å². The summed E-state index contributed by atoms with van der Waals surface area (Å²) in [4.78, 5) is 0. The van der Waals surface area contributed by atoms with Gasteiger partial charge in [-0.1, -0.05) is 0 Å². The van der Waals surface area contributed by atoms with E-state index in [1.807, 2.05) is 5.37 Å². The fourth-order valence-corrected chi connectivity index (χ4v) is 1.26. The molecule has 1 aliphatic rings. The first-order valence-electron chi connectivity index (χ1n) is 1.83. The van der Waals surface area contributed by atoms with Crippen LogP contribution >= 0.6 is 10.7 Å². The third-order valence-electron chi connectivity index (χ3n) is 0.734. The maximum Gasteiger partial charge on any atom is 0.0389 e. The Morgan fingerprint density at radius 3 is 2.33 bits per heavy atom. The van der Waals surface area contributed by atoms with Crippen molar-refractivity contribution in [2.45, 2.75) is 6.04 Å². The molecule has 3 heteroatoms. The molecule has 1 rings (SSSR count). The highest BCUT2D eigenvalue weighted by atomic mass is 32.2. The maximum absolute atomic E-state index is 5.36. The van der Waals surface area contributed by atoms with Crippen LogP contribution in [-0.4, -0.2) is 17.2 Å². The van der Waals surface area contributed by atoms with Gasteiger partial charge < -0.3 is 5.73 Å². The molecule has 1 heterocycles. The molecular weight excluding hydrogens is 96.1 g/mol. The SMILES string of the molecule is NC1C=S(N)C1. The fourth-order valence-electron chi connectivity index (χ4n) is 0.419. The second-order valence-electron chi connectivity index (χ2n) is 1.44.